The Morgan fingerprint density at radius 1 is 1.10 bits per heavy atom. The molecule has 31 heavy (non-hydrogen) atoms. The Kier molecular flexibility index (Phi) is 5.93. The number of carbonyl (C=O) groups is 3. The first kappa shape index (κ1) is 20.9. The highest BCUT2D eigenvalue weighted by molar-refractivity contribution is 6.05. The maximum atomic E-state index is 12.9. The molecule has 2 heterocycles. The van der Waals surface area contributed by atoms with Gasteiger partial charge in [-0.05, 0) is 50.5 Å². The van der Waals surface area contributed by atoms with Gasteiger partial charge in [-0.1, -0.05) is 24.3 Å². The average molecular weight is 421 g/mol. The van der Waals surface area contributed by atoms with E-state index in [0.29, 0.717) is 22.7 Å². The number of rotatable bonds is 5. The van der Waals surface area contributed by atoms with Gasteiger partial charge < -0.3 is 19.9 Å². The van der Waals surface area contributed by atoms with Crippen LogP contribution >= 0.6 is 0 Å². The Morgan fingerprint density at radius 3 is 2.61 bits per heavy atom. The van der Waals surface area contributed by atoms with Crippen molar-refractivity contribution in [3.63, 3.8) is 0 Å². The predicted molar refractivity (Wildman–Crippen MR) is 118 cm³/mol. The minimum atomic E-state index is -0.598. The van der Waals surface area contributed by atoms with Crippen LogP contribution in [-0.4, -0.2) is 48.4 Å². The van der Waals surface area contributed by atoms with Crippen molar-refractivity contribution >= 4 is 29.1 Å². The van der Waals surface area contributed by atoms with E-state index < -0.39 is 6.10 Å². The molecule has 1 atom stereocenters. The monoisotopic (exact) mass is 421 g/mol. The average Bonchev–Trinajstić information content (AvgIpc) is 3.30. The molecular weight excluding hydrogens is 394 g/mol. The van der Waals surface area contributed by atoms with Crippen LogP contribution in [0.2, 0.25) is 0 Å². The molecule has 0 aromatic heterocycles. The highest BCUT2D eigenvalue weighted by Crippen LogP contribution is 2.33. The lowest BCUT2D eigenvalue weighted by Crippen LogP contribution is -2.45. The number of fused-ring (bicyclic) bond motifs is 1. The van der Waals surface area contributed by atoms with Crippen molar-refractivity contribution in [2.24, 2.45) is 0 Å². The Bertz CT molecular complexity index is 1010. The lowest BCUT2D eigenvalue weighted by atomic mass is 10.1. The summed E-state index contributed by atoms with van der Waals surface area (Å²) in [4.78, 5) is 41.8. The number of amides is 3. The van der Waals surface area contributed by atoms with Crippen molar-refractivity contribution in [1.82, 2.24) is 4.90 Å². The molecular formula is C24H27N3O4. The van der Waals surface area contributed by atoms with Gasteiger partial charge in [-0.15, -0.1) is 0 Å². The summed E-state index contributed by atoms with van der Waals surface area (Å²) in [6.07, 6.45) is 1.52. The van der Waals surface area contributed by atoms with E-state index in [1.165, 1.54) is 0 Å². The molecule has 7 heteroatoms. The molecule has 1 N–H and O–H groups in total. The topological polar surface area (TPSA) is 79.0 Å². The van der Waals surface area contributed by atoms with Gasteiger partial charge >= 0.3 is 0 Å². The molecule has 1 fully saturated rings. The summed E-state index contributed by atoms with van der Waals surface area (Å²) in [7, 11) is 0. The Labute approximate surface area is 182 Å². The van der Waals surface area contributed by atoms with Crippen LogP contribution in [0.15, 0.2) is 42.5 Å². The number of carbonyl (C=O) groups excluding carboxylic acids is 3. The number of para-hydroxylation sites is 3. The molecule has 0 spiro atoms. The fraction of sp³-hybridized carbons (Fsp3) is 0.375. The van der Waals surface area contributed by atoms with Crippen molar-refractivity contribution < 1.29 is 19.1 Å². The third kappa shape index (κ3) is 4.26. The standard InChI is InChI=1S/C24H27N3O4/c1-16-8-7-9-18(24(30)26-13-5-6-14-26)22(16)25-21(28)12-15-27-19-10-3-4-11-20(19)31-17(2)23(27)29/h3-4,7-11,17H,5-6,12-15H2,1-2H3,(H,25,28). The van der Waals surface area contributed by atoms with Gasteiger partial charge in [0.05, 0.1) is 16.9 Å². The lowest BCUT2D eigenvalue weighted by molar-refractivity contribution is -0.125. The summed E-state index contributed by atoms with van der Waals surface area (Å²) >= 11 is 0. The van der Waals surface area contributed by atoms with Gasteiger partial charge in [0.25, 0.3) is 11.8 Å². The van der Waals surface area contributed by atoms with Crippen molar-refractivity contribution in [2.75, 3.05) is 29.9 Å². The van der Waals surface area contributed by atoms with Crippen LogP contribution in [0, 0.1) is 6.92 Å². The van der Waals surface area contributed by atoms with E-state index in [4.69, 9.17) is 4.74 Å². The second-order valence-electron chi connectivity index (χ2n) is 8.01. The molecule has 0 bridgehead atoms. The molecule has 0 aliphatic carbocycles. The molecule has 2 aliphatic heterocycles. The first-order valence-electron chi connectivity index (χ1n) is 10.7. The quantitative estimate of drug-likeness (QED) is 0.803. The zero-order chi connectivity index (χ0) is 22.0. The summed E-state index contributed by atoms with van der Waals surface area (Å²) in [6.45, 7) is 5.30. The second kappa shape index (κ2) is 8.79. The minimum Gasteiger partial charge on any atom is -0.479 e. The van der Waals surface area contributed by atoms with Crippen LogP contribution < -0.4 is 15.0 Å². The van der Waals surface area contributed by atoms with Crippen LogP contribution in [0.3, 0.4) is 0 Å². The van der Waals surface area contributed by atoms with Crippen LogP contribution in [0.4, 0.5) is 11.4 Å². The van der Waals surface area contributed by atoms with Gasteiger partial charge in [0.2, 0.25) is 5.91 Å². The first-order chi connectivity index (χ1) is 15.0. The molecule has 4 rings (SSSR count). The van der Waals surface area contributed by atoms with Crippen LogP contribution in [0.1, 0.15) is 42.1 Å². The molecule has 2 aliphatic rings. The van der Waals surface area contributed by atoms with Crippen molar-refractivity contribution in [3.8, 4) is 5.75 Å². The van der Waals surface area contributed by atoms with E-state index in [1.54, 1.807) is 17.9 Å². The number of anilines is 2. The molecule has 0 saturated carbocycles. The SMILES string of the molecule is Cc1cccc(C(=O)N2CCCC2)c1NC(=O)CCN1C(=O)C(C)Oc2ccccc21. The zero-order valence-electron chi connectivity index (χ0n) is 17.9. The number of likely N-dealkylation sites (tertiary alicyclic amines) is 1. The number of hydrogen-bond donors (Lipinski definition) is 1. The highest BCUT2D eigenvalue weighted by Gasteiger charge is 2.31. The molecule has 3 amide bonds. The van der Waals surface area contributed by atoms with Crippen molar-refractivity contribution in [3.05, 3.63) is 53.6 Å². The van der Waals surface area contributed by atoms with E-state index in [-0.39, 0.29) is 30.7 Å². The Balaban J connectivity index is 1.47. The van der Waals surface area contributed by atoms with E-state index in [2.05, 4.69) is 5.32 Å². The zero-order valence-corrected chi connectivity index (χ0v) is 17.9. The minimum absolute atomic E-state index is 0.0531. The number of aryl methyl sites for hydroxylation is 1. The van der Waals surface area contributed by atoms with E-state index in [9.17, 15) is 14.4 Å². The summed E-state index contributed by atoms with van der Waals surface area (Å²) in [6, 6.07) is 12.8. The maximum absolute atomic E-state index is 12.9. The molecule has 2 aromatic carbocycles. The third-order valence-corrected chi connectivity index (χ3v) is 5.80. The number of benzene rings is 2. The molecule has 1 unspecified atom stereocenters. The predicted octanol–water partition coefficient (Wildman–Crippen LogP) is 3.37. The summed E-state index contributed by atoms with van der Waals surface area (Å²) < 4.78 is 5.65. The number of hydrogen-bond acceptors (Lipinski definition) is 4. The van der Waals surface area contributed by atoms with Crippen molar-refractivity contribution in [2.45, 2.75) is 39.2 Å². The molecule has 2 aromatic rings. The number of ether oxygens (including phenoxy) is 1. The summed E-state index contributed by atoms with van der Waals surface area (Å²) in [5, 5.41) is 2.92. The normalized spacial score (nSPS) is 17.9. The summed E-state index contributed by atoms with van der Waals surface area (Å²) in [5.74, 6) is 0.163. The van der Waals surface area contributed by atoms with Crippen LogP contribution in [0.25, 0.3) is 0 Å². The van der Waals surface area contributed by atoms with Gasteiger partial charge in [0.15, 0.2) is 6.10 Å². The van der Waals surface area contributed by atoms with Crippen molar-refractivity contribution in [1.29, 1.82) is 0 Å². The fourth-order valence-corrected chi connectivity index (χ4v) is 4.11. The second-order valence-corrected chi connectivity index (χ2v) is 8.01. The van der Waals surface area contributed by atoms with Gasteiger partial charge in [0.1, 0.15) is 5.75 Å². The number of nitrogens with one attached hydrogen (secondary N) is 1. The van der Waals surface area contributed by atoms with Gasteiger partial charge in [-0.2, -0.15) is 0 Å². The van der Waals surface area contributed by atoms with Gasteiger partial charge in [0, 0.05) is 26.1 Å². The highest BCUT2D eigenvalue weighted by atomic mass is 16.5. The van der Waals surface area contributed by atoms with Gasteiger partial charge in [-0.25, -0.2) is 0 Å². The van der Waals surface area contributed by atoms with Crippen LogP contribution in [-0.2, 0) is 9.59 Å². The Morgan fingerprint density at radius 2 is 1.84 bits per heavy atom. The van der Waals surface area contributed by atoms with E-state index in [1.807, 2.05) is 48.2 Å². The van der Waals surface area contributed by atoms with E-state index in [0.717, 1.165) is 31.5 Å². The third-order valence-electron chi connectivity index (χ3n) is 5.80. The van der Waals surface area contributed by atoms with Gasteiger partial charge in [-0.3, -0.25) is 14.4 Å². The first-order valence-corrected chi connectivity index (χ1v) is 10.7. The Hall–Kier alpha value is -3.35. The molecule has 0 radical (unpaired) electrons. The largest absolute Gasteiger partial charge is 0.479 e. The summed E-state index contributed by atoms with van der Waals surface area (Å²) in [5.41, 5.74) is 2.56. The molecule has 7 nitrogen and oxygen atoms in total. The van der Waals surface area contributed by atoms with Crippen LogP contribution in [0.5, 0.6) is 5.75 Å². The molecule has 162 valence electrons. The fourth-order valence-electron chi connectivity index (χ4n) is 4.11. The maximum Gasteiger partial charge on any atom is 0.267 e. The lowest BCUT2D eigenvalue weighted by Gasteiger charge is -2.32. The number of nitrogens with zero attached hydrogens (tertiary/aromatic N) is 2. The smallest absolute Gasteiger partial charge is 0.267 e. The molecule has 1 saturated heterocycles. The van der Waals surface area contributed by atoms with E-state index >= 15 is 0 Å².